The predicted octanol–water partition coefficient (Wildman–Crippen LogP) is 1.80. The van der Waals surface area contributed by atoms with Gasteiger partial charge < -0.3 is 20.3 Å². The molecule has 0 aromatic heterocycles. The van der Waals surface area contributed by atoms with Crippen molar-refractivity contribution in [2.45, 2.75) is 6.42 Å². The van der Waals surface area contributed by atoms with Gasteiger partial charge in [0.1, 0.15) is 5.75 Å². The van der Waals surface area contributed by atoms with Crippen LogP contribution in [0.5, 0.6) is 5.75 Å². The van der Waals surface area contributed by atoms with E-state index in [1.54, 1.807) is 18.2 Å². The number of halogens is 2. The molecule has 0 unspecified atom stereocenters. The zero-order chi connectivity index (χ0) is 15.1. The molecule has 7 heteroatoms. The Labute approximate surface area is 142 Å². The average molecular weight is 348 g/mol. The van der Waals surface area contributed by atoms with Crippen LogP contribution in [0.25, 0.3) is 0 Å². The number of benzene rings is 1. The quantitative estimate of drug-likeness (QED) is 0.770. The first-order valence-electron chi connectivity index (χ1n) is 7.25. The summed E-state index contributed by atoms with van der Waals surface area (Å²) in [6, 6.07) is 5.03. The molecule has 0 radical (unpaired) electrons. The number of hydrogen-bond donors (Lipinski definition) is 2. The molecule has 1 aliphatic rings. The number of rotatable bonds is 6. The van der Waals surface area contributed by atoms with Crippen molar-refractivity contribution < 1.29 is 9.53 Å². The third-order valence-electron chi connectivity index (χ3n) is 3.55. The molecule has 5 nitrogen and oxygen atoms in total. The normalized spacial score (nSPS) is 15.0. The van der Waals surface area contributed by atoms with Crippen LogP contribution in [0.4, 0.5) is 0 Å². The standard InChI is InChI=1S/C15H22ClN3O2.ClH/c1-21-14-11-12(16)3-4-13(14)15(20)18-5-2-8-19-9-6-17-7-10-19;/h3-4,11,17H,2,5-10H2,1H3,(H,18,20);1H. The second-order valence-corrected chi connectivity index (χ2v) is 5.48. The largest absolute Gasteiger partial charge is 0.496 e. The number of amides is 1. The molecule has 0 spiro atoms. The van der Waals surface area contributed by atoms with E-state index in [9.17, 15) is 4.79 Å². The molecule has 0 atom stereocenters. The Balaban J connectivity index is 0.00000242. The van der Waals surface area contributed by atoms with Crippen LogP contribution in [0.1, 0.15) is 16.8 Å². The summed E-state index contributed by atoms with van der Waals surface area (Å²) >= 11 is 5.89. The van der Waals surface area contributed by atoms with E-state index in [-0.39, 0.29) is 18.3 Å². The smallest absolute Gasteiger partial charge is 0.255 e. The summed E-state index contributed by atoms with van der Waals surface area (Å²) < 4.78 is 5.19. The summed E-state index contributed by atoms with van der Waals surface area (Å²) in [6.45, 7) is 5.94. The van der Waals surface area contributed by atoms with E-state index >= 15 is 0 Å². The SMILES string of the molecule is COc1cc(Cl)ccc1C(=O)NCCCN1CCNCC1.Cl. The van der Waals surface area contributed by atoms with Gasteiger partial charge in [0.15, 0.2) is 0 Å². The van der Waals surface area contributed by atoms with Gasteiger partial charge in [-0.15, -0.1) is 12.4 Å². The fraction of sp³-hybridized carbons (Fsp3) is 0.533. The van der Waals surface area contributed by atoms with Crippen molar-refractivity contribution in [3.05, 3.63) is 28.8 Å². The maximum Gasteiger partial charge on any atom is 0.255 e. The van der Waals surface area contributed by atoms with Gasteiger partial charge in [-0.1, -0.05) is 11.6 Å². The zero-order valence-corrected chi connectivity index (χ0v) is 14.3. The minimum Gasteiger partial charge on any atom is -0.496 e. The van der Waals surface area contributed by atoms with Crippen LogP contribution in [-0.2, 0) is 0 Å². The highest BCUT2D eigenvalue weighted by molar-refractivity contribution is 6.30. The van der Waals surface area contributed by atoms with E-state index in [2.05, 4.69) is 15.5 Å². The minimum atomic E-state index is -0.121. The number of piperazine rings is 1. The number of carbonyl (C=O) groups is 1. The number of carbonyl (C=O) groups excluding carboxylic acids is 1. The first kappa shape index (κ1) is 19.0. The summed E-state index contributed by atoms with van der Waals surface area (Å²) in [4.78, 5) is 14.5. The van der Waals surface area contributed by atoms with Gasteiger partial charge in [0, 0.05) is 37.7 Å². The van der Waals surface area contributed by atoms with Gasteiger partial charge in [-0.25, -0.2) is 0 Å². The summed E-state index contributed by atoms with van der Waals surface area (Å²) in [5.74, 6) is 0.380. The van der Waals surface area contributed by atoms with Crippen LogP contribution in [0.15, 0.2) is 18.2 Å². The van der Waals surface area contributed by atoms with Crippen molar-refractivity contribution in [3.63, 3.8) is 0 Å². The van der Waals surface area contributed by atoms with Gasteiger partial charge in [0.25, 0.3) is 5.91 Å². The number of nitrogens with zero attached hydrogens (tertiary/aromatic N) is 1. The van der Waals surface area contributed by atoms with Crippen molar-refractivity contribution in [2.24, 2.45) is 0 Å². The fourth-order valence-electron chi connectivity index (χ4n) is 2.39. The number of methoxy groups -OCH3 is 1. The Kier molecular flexibility index (Phi) is 8.56. The Hall–Kier alpha value is -1.01. The van der Waals surface area contributed by atoms with Crippen molar-refractivity contribution >= 4 is 29.9 Å². The maximum absolute atomic E-state index is 12.1. The molecule has 1 amide bonds. The van der Waals surface area contributed by atoms with Crippen LogP contribution < -0.4 is 15.4 Å². The van der Waals surface area contributed by atoms with Crippen LogP contribution >= 0.6 is 24.0 Å². The highest BCUT2D eigenvalue weighted by Gasteiger charge is 2.13. The highest BCUT2D eigenvalue weighted by Crippen LogP contribution is 2.22. The van der Waals surface area contributed by atoms with Gasteiger partial charge >= 0.3 is 0 Å². The highest BCUT2D eigenvalue weighted by atomic mass is 35.5. The molecule has 124 valence electrons. The lowest BCUT2D eigenvalue weighted by atomic mass is 10.2. The number of hydrogen-bond acceptors (Lipinski definition) is 4. The first-order chi connectivity index (χ1) is 10.2. The van der Waals surface area contributed by atoms with E-state index in [4.69, 9.17) is 16.3 Å². The molecule has 1 heterocycles. The molecular weight excluding hydrogens is 325 g/mol. The third kappa shape index (κ3) is 5.65. The number of nitrogens with one attached hydrogen (secondary N) is 2. The van der Waals surface area contributed by atoms with Crippen LogP contribution in [0, 0.1) is 0 Å². The number of ether oxygens (including phenoxy) is 1. The molecule has 2 N–H and O–H groups in total. The molecule has 1 aromatic carbocycles. The summed E-state index contributed by atoms with van der Waals surface area (Å²) in [6.07, 6.45) is 0.946. The lowest BCUT2D eigenvalue weighted by Crippen LogP contribution is -2.44. The zero-order valence-electron chi connectivity index (χ0n) is 12.7. The van der Waals surface area contributed by atoms with E-state index in [0.717, 1.165) is 39.1 Å². The van der Waals surface area contributed by atoms with E-state index in [1.807, 2.05) is 0 Å². The van der Waals surface area contributed by atoms with Crippen molar-refractivity contribution in [1.82, 2.24) is 15.5 Å². The lowest BCUT2D eigenvalue weighted by Gasteiger charge is -2.27. The van der Waals surface area contributed by atoms with Crippen molar-refractivity contribution in [2.75, 3.05) is 46.4 Å². The Morgan fingerprint density at radius 1 is 1.41 bits per heavy atom. The maximum atomic E-state index is 12.1. The third-order valence-corrected chi connectivity index (χ3v) is 3.79. The summed E-state index contributed by atoms with van der Waals surface area (Å²) in [7, 11) is 1.53. The summed E-state index contributed by atoms with van der Waals surface area (Å²) in [5.41, 5.74) is 0.518. The van der Waals surface area contributed by atoms with E-state index in [1.165, 1.54) is 7.11 Å². The fourth-order valence-corrected chi connectivity index (χ4v) is 2.55. The molecule has 0 saturated carbocycles. The van der Waals surface area contributed by atoms with Crippen LogP contribution in [0.2, 0.25) is 5.02 Å². The molecule has 0 aliphatic carbocycles. The van der Waals surface area contributed by atoms with Crippen molar-refractivity contribution in [1.29, 1.82) is 0 Å². The summed E-state index contributed by atoms with van der Waals surface area (Å²) in [5, 5.41) is 6.81. The second kappa shape index (κ2) is 9.90. The predicted molar refractivity (Wildman–Crippen MR) is 91.5 cm³/mol. The Morgan fingerprint density at radius 3 is 2.82 bits per heavy atom. The molecule has 1 fully saturated rings. The van der Waals surface area contributed by atoms with Crippen LogP contribution in [-0.4, -0.2) is 57.2 Å². The monoisotopic (exact) mass is 347 g/mol. The molecular formula is C15H23Cl2N3O2. The lowest BCUT2D eigenvalue weighted by molar-refractivity contribution is 0.0948. The van der Waals surface area contributed by atoms with Gasteiger partial charge in [-0.3, -0.25) is 4.79 Å². The van der Waals surface area contributed by atoms with Gasteiger partial charge in [-0.2, -0.15) is 0 Å². The average Bonchev–Trinajstić information content (AvgIpc) is 2.52. The van der Waals surface area contributed by atoms with Gasteiger partial charge in [0.2, 0.25) is 0 Å². The van der Waals surface area contributed by atoms with E-state index < -0.39 is 0 Å². The Bertz CT molecular complexity index is 480. The van der Waals surface area contributed by atoms with Gasteiger partial charge in [0.05, 0.1) is 12.7 Å². The van der Waals surface area contributed by atoms with E-state index in [0.29, 0.717) is 22.9 Å². The molecule has 1 aromatic rings. The topological polar surface area (TPSA) is 53.6 Å². The Morgan fingerprint density at radius 2 is 2.14 bits per heavy atom. The molecule has 2 rings (SSSR count). The molecule has 22 heavy (non-hydrogen) atoms. The minimum absolute atomic E-state index is 0. The van der Waals surface area contributed by atoms with Crippen LogP contribution in [0.3, 0.4) is 0 Å². The molecule has 0 bridgehead atoms. The van der Waals surface area contributed by atoms with Crippen molar-refractivity contribution in [3.8, 4) is 5.75 Å². The first-order valence-corrected chi connectivity index (χ1v) is 7.63. The molecule has 1 saturated heterocycles. The van der Waals surface area contributed by atoms with Gasteiger partial charge in [-0.05, 0) is 31.2 Å². The molecule has 1 aliphatic heterocycles. The second-order valence-electron chi connectivity index (χ2n) is 5.05.